The van der Waals surface area contributed by atoms with Crippen LogP contribution in [0.3, 0.4) is 0 Å². The van der Waals surface area contributed by atoms with E-state index in [2.05, 4.69) is 9.89 Å². The molecule has 100 valence electrons. The largest absolute Gasteiger partial charge is 0.340 e. The Bertz CT molecular complexity index is 552. The monoisotopic (exact) mass is 278 g/mol. The third-order valence-corrected chi connectivity index (χ3v) is 4.09. The van der Waals surface area contributed by atoms with E-state index in [4.69, 9.17) is 21.1 Å². The summed E-state index contributed by atoms with van der Waals surface area (Å²) in [6, 6.07) is 5.88. The average Bonchev–Trinajstić information content (AvgIpc) is 2.71. The molecule has 0 aromatic heterocycles. The van der Waals surface area contributed by atoms with Gasteiger partial charge in [-0.25, -0.2) is 0 Å². The number of rotatable bonds is 0. The van der Waals surface area contributed by atoms with Gasteiger partial charge in [0, 0.05) is 23.7 Å². The second-order valence-electron chi connectivity index (χ2n) is 5.04. The number of hydrogen-bond donors (Lipinski definition) is 0. The molecule has 19 heavy (non-hydrogen) atoms. The van der Waals surface area contributed by atoms with Crippen LogP contribution in [-0.2, 0) is 15.3 Å². The molecular weight excluding hydrogens is 264 g/mol. The van der Waals surface area contributed by atoms with E-state index >= 15 is 0 Å². The van der Waals surface area contributed by atoms with E-state index in [1.54, 1.807) is 0 Å². The Balaban J connectivity index is 1.92. The summed E-state index contributed by atoms with van der Waals surface area (Å²) < 4.78 is 12.0. The number of benzene rings is 1. The van der Waals surface area contributed by atoms with Gasteiger partial charge < -0.3 is 14.4 Å². The number of fused-ring (bicyclic) bond motifs is 5. The zero-order valence-electron chi connectivity index (χ0n) is 10.6. The molecule has 1 aromatic rings. The van der Waals surface area contributed by atoms with E-state index in [1.165, 1.54) is 0 Å². The van der Waals surface area contributed by atoms with Gasteiger partial charge in [0.15, 0.2) is 5.84 Å². The van der Waals surface area contributed by atoms with Gasteiger partial charge in [0.05, 0.1) is 18.9 Å². The van der Waals surface area contributed by atoms with Crippen molar-refractivity contribution in [2.24, 2.45) is 4.99 Å². The van der Waals surface area contributed by atoms with E-state index < -0.39 is 5.79 Å². The molecule has 0 N–H and O–H groups in total. The Morgan fingerprint density at radius 3 is 2.89 bits per heavy atom. The number of amidine groups is 1. The van der Waals surface area contributed by atoms with Gasteiger partial charge in [0.1, 0.15) is 0 Å². The van der Waals surface area contributed by atoms with E-state index in [0.717, 1.165) is 48.0 Å². The molecule has 1 spiro atoms. The van der Waals surface area contributed by atoms with E-state index in [0.29, 0.717) is 13.2 Å². The first kappa shape index (κ1) is 11.7. The third kappa shape index (κ3) is 1.57. The minimum Gasteiger partial charge on any atom is -0.340 e. The van der Waals surface area contributed by atoms with Gasteiger partial charge in [-0.05, 0) is 31.0 Å². The highest BCUT2D eigenvalue weighted by Gasteiger charge is 2.53. The molecule has 0 unspecified atom stereocenters. The molecule has 1 saturated heterocycles. The Hall–Kier alpha value is -1.10. The third-order valence-electron chi connectivity index (χ3n) is 3.86. The van der Waals surface area contributed by atoms with Crippen LogP contribution < -0.4 is 4.90 Å². The van der Waals surface area contributed by atoms with Crippen LogP contribution in [0.2, 0.25) is 5.02 Å². The fraction of sp³-hybridized carbons (Fsp3) is 0.500. The minimum absolute atomic E-state index is 0.703. The number of aliphatic imine (C=N–C) groups is 1. The second-order valence-corrected chi connectivity index (χ2v) is 5.48. The average molecular weight is 279 g/mol. The van der Waals surface area contributed by atoms with Crippen LogP contribution in [-0.4, -0.2) is 32.1 Å². The van der Waals surface area contributed by atoms with Gasteiger partial charge in [-0.15, -0.1) is 0 Å². The van der Waals surface area contributed by atoms with Gasteiger partial charge in [-0.1, -0.05) is 11.6 Å². The molecule has 4 rings (SSSR count). The number of halogens is 1. The van der Waals surface area contributed by atoms with Crippen LogP contribution >= 0.6 is 11.6 Å². The predicted octanol–water partition coefficient (Wildman–Crippen LogP) is 2.55. The Labute approximate surface area is 117 Å². The summed E-state index contributed by atoms with van der Waals surface area (Å²) in [5, 5.41) is 0.733. The minimum atomic E-state index is -0.793. The van der Waals surface area contributed by atoms with Crippen molar-refractivity contribution in [3.8, 4) is 0 Å². The highest BCUT2D eigenvalue weighted by molar-refractivity contribution is 6.31. The maximum Gasteiger partial charge on any atom is 0.257 e. The molecule has 0 saturated carbocycles. The Kier molecular flexibility index (Phi) is 2.59. The molecule has 1 aromatic carbocycles. The van der Waals surface area contributed by atoms with Gasteiger partial charge in [0.25, 0.3) is 5.79 Å². The molecule has 0 amide bonds. The summed E-state index contributed by atoms with van der Waals surface area (Å²) in [5.41, 5.74) is 2.12. The number of hydrogen-bond acceptors (Lipinski definition) is 4. The van der Waals surface area contributed by atoms with E-state index in [9.17, 15) is 0 Å². The van der Waals surface area contributed by atoms with Gasteiger partial charge in [0.2, 0.25) is 0 Å². The van der Waals surface area contributed by atoms with Crippen molar-refractivity contribution < 1.29 is 9.47 Å². The molecule has 0 aliphatic carbocycles. The lowest BCUT2D eigenvalue weighted by atomic mass is 10.1. The van der Waals surface area contributed by atoms with Crippen molar-refractivity contribution in [3.05, 3.63) is 28.8 Å². The van der Waals surface area contributed by atoms with Crippen molar-refractivity contribution in [2.45, 2.75) is 18.6 Å². The summed E-state index contributed by atoms with van der Waals surface area (Å²) in [4.78, 5) is 6.85. The van der Waals surface area contributed by atoms with E-state index in [-0.39, 0.29) is 0 Å². The first-order valence-corrected chi connectivity index (χ1v) is 7.09. The van der Waals surface area contributed by atoms with Gasteiger partial charge in [-0.3, -0.25) is 4.99 Å². The first-order chi connectivity index (χ1) is 9.31. The van der Waals surface area contributed by atoms with Gasteiger partial charge in [-0.2, -0.15) is 0 Å². The molecule has 0 bridgehead atoms. The zero-order chi connectivity index (χ0) is 12.9. The highest BCUT2D eigenvalue weighted by Crippen LogP contribution is 2.47. The predicted molar refractivity (Wildman–Crippen MR) is 73.9 cm³/mol. The maximum absolute atomic E-state index is 6.13. The van der Waals surface area contributed by atoms with Crippen molar-refractivity contribution >= 4 is 23.1 Å². The second kappa shape index (κ2) is 4.20. The number of ether oxygens (including phenoxy) is 2. The molecule has 1 fully saturated rings. The Morgan fingerprint density at radius 2 is 2.05 bits per heavy atom. The summed E-state index contributed by atoms with van der Waals surface area (Å²) >= 11 is 6.13. The molecule has 4 nitrogen and oxygen atoms in total. The zero-order valence-corrected chi connectivity index (χ0v) is 11.3. The molecule has 3 aliphatic heterocycles. The first-order valence-electron chi connectivity index (χ1n) is 6.72. The smallest absolute Gasteiger partial charge is 0.257 e. The summed E-state index contributed by atoms with van der Waals surface area (Å²) in [6.07, 6.45) is 1.98. The normalized spacial score (nSPS) is 24.1. The van der Waals surface area contributed by atoms with Crippen molar-refractivity contribution in [2.75, 3.05) is 31.2 Å². The lowest BCUT2D eigenvalue weighted by Crippen LogP contribution is -2.49. The van der Waals surface area contributed by atoms with Crippen molar-refractivity contribution in [1.29, 1.82) is 0 Å². The SMILES string of the molecule is Clc1ccc2c(c1)N1CCCN=C1C21OCCCO1. The number of anilines is 1. The maximum atomic E-state index is 6.13. The fourth-order valence-electron chi connectivity index (χ4n) is 3.07. The fourth-order valence-corrected chi connectivity index (χ4v) is 3.23. The van der Waals surface area contributed by atoms with Crippen LogP contribution in [0.15, 0.2) is 23.2 Å². The molecular formula is C14H15ClN2O2. The topological polar surface area (TPSA) is 34.1 Å². The lowest BCUT2D eigenvalue weighted by Gasteiger charge is -2.36. The molecule has 0 atom stereocenters. The standard InChI is InChI=1S/C14H15ClN2O2/c15-10-3-4-11-12(9-10)17-6-1-5-16-13(17)14(11)18-7-2-8-19-14/h3-4,9H,1-2,5-8H2. The summed E-state index contributed by atoms with van der Waals surface area (Å²) in [7, 11) is 0. The van der Waals surface area contributed by atoms with Crippen molar-refractivity contribution in [1.82, 2.24) is 0 Å². The molecule has 0 radical (unpaired) electrons. The summed E-state index contributed by atoms with van der Waals surface area (Å²) in [5.74, 6) is 0.106. The van der Waals surface area contributed by atoms with Crippen LogP contribution in [0.1, 0.15) is 18.4 Å². The van der Waals surface area contributed by atoms with Gasteiger partial charge >= 0.3 is 0 Å². The van der Waals surface area contributed by atoms with Crippen LogP contribution in [0.4, 0.5) is 5.69 Å². The molecule has 3 heterocycles. The van der Waals surface area contributed by atoms with Crippen LogP contribution in [0.25, 0.3) is 0 Å². The quantitative estimate of drug-likeness (QED) is 0.731. The molecule has 3 aliphatic rings. The Morgan fingerprint density at radius 1 is 1.21 bits per heavy atom. The van der Waals surface area contributed by atoms with E-state index in [1.807, 2.05) is 18.2 Å². The summed E-state index contributed by atoms with van der Waals surface area (Å²) in [6.45, 7) is 3.19. The highest BCUT2D eigenvalue weighted by atomic mass is 35.5. The number of nitrogens with zero attached hydrogens (tertiary/aromatic N) is 2. The van der Waals surface area contributed by atoms with Crippen LogP contribution in [0, 0.1) is 0 Å². The van der Waals surface area contributed by atoms with Crippen LogP contribution in [0.5, 0.6) is 0 Å². The lowest BCUT2D eigenvalue weighted by molar-refractivity contribution is -0.228. The van der Waals surface area contributed by atoms with Crippen molar-refractivity contribution in [3.63, 3.8) is 0 Å². The molecule has 5 heteroatoms.